The Morgan fingerprint density at radius 3 is 2.44 bits per heavy atom. The lowest BCUT2D eigenvalue weighted by atomic mass is 10.1. The van der Waals surface area contributed by atoms with Crippen LogP contribution in [0.3, 0.4) is 0 Å². The maximum Gasteiger partial charge on any atom is 0.0780 e. The van der Waals surface area contributed by atoms with Gasteiger partial charge in [-0.3, -0.25) is 0 Å². The lowest BCUT2D eigenvalue weighted by molar-refractivity contribution is -0.00449. The fourth-order valence-electron chi connectivity index (χ4n) is 1.31. The molecule has 0 aliphatic rings. The summed E-state index contributed by atoms with van der Waals surface area (Å²) >= 11 is 0. The minimum atomic E-state index is 0.218. The molecule has 0 aromatic carbocycles. The third kappa shape index (κ3) is 12.0. The molecule has 0 bridgehead atoms. The molecule has 0 fully saturated rings. The van der Waals surface area contributed by atoms with Gasteiger partial charge in [0.25, 0.3) is 0 Å². The Morgan fingerprint density at radius 2 is 1.88 bits per heavy atom. The Balaban J connectivity index is 3.20. The summed E-state index contributed by atoms with van der Waals surface area (Å²) in [4.78, 5) is 0. The van der Waals surface area contributed by atoms with Crippen molar-refractivity contribution in [2.45, 2.75) is 59.1 Å². The molecule has 16 heavy (non-hydrogen) atoms. The lowest BCUT2D eigenvalue weighted by Gasteiger charge is -2.20. The molecule has 1 atom stereocenters. The van der Waals surface area contributed by atoms with Crippen molar-refractivity contribution in [3.8, 4) is 0 Å². The number of nitrogens with one attached hydrogen (secondary N) is 1. The fraction of sp³-hybridized carbons (Fsp3) is 1.00. The van der Waals surface area contributed by atoms with E-state index in [1.807, 2.05) is 6.92 Å². The lowest BCUT2D eigenvalue weighted by Crippen LogP contribution is -2.36. The first-order chi connectivity index (χ1) is 7.45. The largest absolute Gasteiger partial charge is 0.379 e. The molecule has 98 valence electrons. The van der Waals surface area contributed by atoms with Gasteiger partial charge in [-0.2, -0.15) is 0 Å². The first-order valence-electron chi connectivity index (χ1n) is 6.40. The molecule has 0 aromatic heterocycles. The SMILES string of the molecule is CCOCC(C)OCCCCNC(C)(C)C. The van der Waals surface area contributed by atoms with Crippen LogP contribution in [0.4, 0.5) is 0 Å². The van der Waals surface area contributed by atoms with E-state index in [0.717, 1.165) is 26.2 Å². The van der Waals surface area contributed by atoms with Crippen molar-refractivity contribution < 1.29 is 9.47 Å². The predicted molar refractivity (Wildman–Crippen MR) is 68.9 cm³/mol. The average Bonchev–Trinajstić information content (AvgIpc) is 2.18. The van der Waals surface area contributed by atoms with Gasteiger partial charge in [0.2, 0.25) is 0 Å². The molecule has 0 saturated carbocycles. The maximum absolute atomic E-state index is 5.62. The van der Waals surface area contributed by atoms with Crippen LogP contribution >= 0.6 is 0 Å². The van der Waals surface area contributed by atoms with Crippen LogP contribution in [0, 0.1) is 0 Å². The van der Waals surface area contributed by atoms with Crippen LogP contribution in [-0.2, 0) is 9.47 Å². The van der Waals surface area contributed by atoms with E-state index in [2.05, 4.69) is 33.0 Å². The van der Waals surface area contributed by atoms with Gasteiger partial charge in [-0.1, -0.05) is 0 Å². The maximum atomic E-state index is 5.62. The highest BCUT2D eigenvalue weighted by Crippen LogP contribution is 2.00. The molecule has 0 radical (unpaired) electrons. The van der Waals surface area contributed by atoms with E-state index in [-0.39, 0.29) is 11.6 Å². The summed E-state index contributed by atoms with van der Waals surface area (Å²) in [5.41, 5.74) is 0.225. The van der Waals surface area contributed by atoms with Gasteiger partial charge in [-0.15, -0.1) is 0 Å². The Morgan fingerprint density at radius 1 is 1.19 bits per heavy atom. The fourth-order valence-corrected chi connectivity index (χ4v) is 1.31. The van der Waals surface area contributed by atoms with Crippen molar-refractivity contribution in [3.63, 3.8) is 0 Å². The minimum Gasteiger partial charge on any atom is -0.379 e. The number of rotatable bonds is 9. The molecule has 3 nitrogen and oxygen atoms in total. The smallest absolute Gasteiger partial charge is 0.0780 e. The molecule has 0 spiro atoms. The highest BCUT2D eigenvalue weighted by Gasteiger charge is 2.07. The average molecular weight is 231 g/mol. The third-order valence-corrected chi connectivity index (χ3v) is 2.19. The number of hydrogen-bond acceptors (Lipinski definition) is 3. The molecule has 3 heteroatoms. The normalized spacial score (nSPS) is 14.1. The second kappa shape index (κ2) is 8.97. The molecule has 0 saturated heterocycles. The van der Waals surface area contributed by atoms with Crippen LogP contribution in [0.5, 0.6) is 0 Å². The zero-order valence-corrected chi connectivity index (χ0v) is 11.6. The highest BCUT2D eigenvalue weighted by molar-refractivity contribution is 4.69. The Bertz CT molecular complexity index is 155. The van der Waals surface area contributed by atoms with E-state index in [0.29, 0.717) is 6.61 Å². The third-order valence-electron chi connectivity index (χ3n) is 2.19. The standard InChI is InChI=1S/C13H29NO2/c1-6-15-11-12(2)16-10-8-7-9-14-13(3,4)5/h12,14H,6-11H2,1-5H3. The van der Waals surface area contributed by atoms with E-state index in [1.165, 1.54) is 6.42 Å². The summed E-state index contributed by atoms with van der Waals surface area (Å²) in [6, 6.07) is 0. The van der Waals surface area contributed by atoms with Gasteiger partial charge in [0.05, 0.1) is 12.7 Å². The van der Waals surface area contributed by atoms with Crippen molar-refractivity contribution in [2.24, 2.45) is 0 Å². The molecule has 1 unspecified atom stereocenters. The van der Waals surface area contributed by atoms with Gasteiger partial charge in [-0.05, 0) is 54.0 Å². The first kappa shape index (κ1) is 15.9. The van der Waals surface area contributed by atoms with Crippen molar-refractivity contribution in [2.75, 3.05) is 26.4 Å². The summed E-state index contributed by atoms with van der Waals surface area (Å²) in [5, 5.41) is 3.46. The van der Waals surface area contributed by atoms with Gasteiger partial charge in [0.15, 0.2) is 0 Å². The van der Waals surface area contributed by atoms with E-state index in [9.17, 15) is 0 Å². The molecule has 0 aliphatic heterocycles. The number of unbranched alkanes of at least 4 members (excludes halogenated alkanes) is 1. The molecule has 0 aromatic rings. The Hall–Kier alpha value is -0.120. The van der Waals surface area contributed by atoms with Crippen molar-refractivity contribution in [3.05, 3.63) is 0 Å². The quantitative estimate of drug-likeness (QED) is 0.619. The van der Waals surface area contributed by atoms with Crippen LogP contribution in [0.25, 0.3) is 0 Å². The second-order valence-electron chi connectivity index (χ2n) is 5.22. The van der Waals surface area contributed by atoms with Gasteiger partial charge < -0.3 is 14.8 Å². The minimum absolute atomic E-state index is 0.218. The summed E-state index contributed by atoms with van der Waals surface area (Å²) in [5.74, 6) is 0. The summed E-state index contributed by atoms with van der Waals surface area (Å²) in [6.45, 7) is 14.0. The van der Waals surface area contributed by atoms with E-state index in [4.69, 9.17) is 9.47 Å². The van der Waals surface area contributed by atoms with E-state index < -0.39 is 0 Å². The van der Waals surface area contributed by atoms with Crippen molar-refractivity contribution in [1.29, 1.82) is 0 Å². The van der Waals surface area contributed by atoms with Gasteiger partial charge >= 0.3 is 0 Å². The summed E-state index contributed by atoms with van der Waals surface area (Å²) < 4.78 is 10.9. The molecule has 0 aliphatic carbocycles. The number of ether oxygens (including phenoxy) is 2. The zero-order valence-electron chi connectivity index (χ0n) is 11.6. The molecule has 0 amide bonds. The van der Waals surface area contributed by atoms with E-state index in [1.54, 1.807) is 0 Å². The zero-order chi connectivity index (χ0) is 12.4. The molecular formula is C13H29NO2. The topological polar surface area (TPSA) is 30.5 Å². The van der Waals surface area contributed by atoms with E-state index >= 15 is 0 Å². The highest BCUT2D eigenvalue weighted by atomic mass is 16.5. The monoisotopic (exact) mass is 231 g/mol. The van der Waals surface area contributed by atoms with Crippen molar-refractivity contribution in [1.82, 2.24) is 5.32 Å². The predicted octanol–water partition coefficient (Wildman–Crippen LogP) is 2.60. The molecular weight excluding hydrogens is 202 g/mol. The summed E-state index contributed by atoms with van der Waals surface area (Å²) in [6.07, 6.45) is 2.49. The van der Waals surface area contributed by atoms with Crippen LogP contribution in [0.2, 0.25) is 0 Å². The van der Waals surface area contributed by atoms with Crippen molar-refractivity contribution >= 4 is 0 Å². The summed E-state index contributed by atoms with van der Waals surface area (Å²) in [7, 11) is 0. The molecule has 0 heterocycles. The van der Waals surface area contributed by atoms with Gasteiger partial charge in [0, 0.05) is 18.8 Å². The van der Waals surface area contributed by atoms with Crippen LogP contribution in [0.15, 0.2) is 0 Å². The Kier molecular flexibility index (Phi) is 8.90. The second-order valence-corrected chi connectivity index (χ2v) is 5.22. The first-order valence-corrected chi connectivity index (χ1v) is 6.40. The number of hydrogen-bond donors (Lipinski definition) is 1. The van der Waals surface area contributed by atoms with Crippen LogP contribution < -0.4 is 5.32 Å². The molecule has 1 N–H and O–H groups in total. The molecule has 0 rings (SSSR count). The van der Waals surface area contributed by atoms with Gasteiger partial charge in [-0.25, -0.2) is 0 Å². The van der Waals surface area contributed by atoms with Crippen LogP contribution in [-0.4, -0.2) is 38.0 Å². The van der Waals surface area contributed by atoms with Crippen LogP contribution in [0.1, 0.15) is 47.5 Å². The van der Waals surface area contributed by atoms with Gasteiger partial charge in [0.1, 0.15) is 0 Å². The Labute approximate surface area is 101 Å².